The van der Waals surface area contributed by atoms with Gasteiger partial charge >= 0.3 is 19.5 Å². The van der Waals surface area contributed by atoms with Gasteiger partial charge in [-0.25, -0.2) is 9.59 Å². The van der Waals surface area contributed by atoms with Gasteiger partial charge in [-0.2, -0.15) is 0 Å². The summed E-state index contributed by atoms with van der Waals surface area (Å²) < 4.78 is 34.6. The van der Waals surface area contributed by atoms with Crippen LogP contribution in [0.5, 0.6) is 0 Å². The lowest BCUT2D eigenvalue weighted by molar-refractivity contribution is -0.145. The topological polar surface area (TPSA) is 88.1 Å². The van der Waals surface area contributed by atoms with E-state index in [1.165, 1.54) is 13.8 Å². The summed E-state index contributed by atoms with van der Waals surface area (Å²) in [5, 5.41) is 0.340. The maximum absolute atomic E-state index is 13.3. The number of carbonyl (C=O) groups is 2. The Balaban J connectivity index is 2.80. The van der Waals surface area contributed by atoms with Crippen LogP contribution in [0.2, 0.25) is 0 Å². The van der Waals surface area contributed by atoms with E-state index in [9.17, 15) is 14.2 Å². The summed E-state index contributed by atoms with van der Waals surface area (Å²) in [7, 11) is -3.74. The highest BCUT2D eigenvalue weighted by molar-refractivity contribution is 7.62. The van der Waals surface area contributed by atoms with Crippen LogP contribution in [0, 0.1) is 0 Å². The van der Waals surface area contributed by atoms with Crippen molar-refractivity contribution in [1.29, 1.82) is 0 Å². The van der Waals surface area contributed by atoms with E-state index >= 15 is 0 Å². The number of carbonyl (C=O) groups excluding carboxylic acids is 2. The molecule has 1 rings (SSSR count). The fourth-order valence-electron chi connectivity index (χ4n) is 1.84. The molecule has 0 aliphatic carbocycles. The second-order valence-electron chi connectivity index (χ2n) is 6.42. The Morgan fingerprint density at radius 2 is 1.29 bits per heavy atom. The average molecular weight is 410 g/mol. The van der Waals surface area contributed by atoms with Crippen molar-refractivity contribution in [3.8, 4) is 0 Å². The Morgan fingerprint density at radius 3 is 1.64 bits per heavy atom. The molecule has 2 unspecified atom stereocenters. The van der Waals surface area contributed by atoms with E-state index in [0.29, 0.717) is 5.30 Å². The van der Waals surface area contributed by atoms with Crippen molar-refractivity contribution < 1.29 is 32.7 Å². The fraction of sp³-hybridized carbons (Fsp3) is 0.400. The number of ether oxygens (including phenoxy) is 2. The van der Waals surface area contributed by atoms with Crippen molar-refractivity contribution in [1.82, 2.24) is 0 Å². The molecular weight excluding hydrogens is 383 g/mol. The molecule has 2 atom stereocenters. The highest BCUT2D eigenvalue weighted by Gasteiger charge is 2.30. The lowest BCUT2D eigenvalue weighted by Gasteiger charge is -2.23. The van der Waals surface area contributed by atoms with Crippen LogP contribution in [-0.2, 0) is 32.7 Å². The Kier molecular flexibility index (Phi) is 9.32. The first-order chi connectivity index (χ1) is 13.0. The zero-order chi connectivity index (χ0) is 21.3. The van der Waals surface area contributed by atoms with Crippen LogP contribution in [0.1, 0.15) is 27.7 Å². The van der Waals surface area contributed by atoms with Crippen LogP contribution in [-0.4, -0.2) is 37.4 Å². The van der Waals surface area contributed by atoms with Crippen LogP contribution in [0.15, 0.2) is 54.6 Å². The molecule has 0 radical (unpaired) electrons. The van der Waals surface area contributed by atoms with Gasteiger partial charge in [-0.05, 0) is 39.8 Å². The van der Waals surface area contributed by atoms with Gasteiger partial charge in [0.1, 0.15) is 12.2 Å². The van der Waals surface area contributed by atoms with E-state index < -0.39 is 31.7 Å². The summed E-state index contributed by atoms with van der Waals surface area (Å²) in [6, 6.07) is 8.38. The normalized spacial score (nSPS) is 15.0. The van der Waals surface area contributed by atoms with E-state index in [-0.39, 0.29) is 24.4 Å². The van der Waals surface area contributed by atoms with Gasteiger partial charge in [-0.3, -0.25) is 4.57 Å². The van der Waals surface area contributed by atoms with Crippen molar-refractivity contribution in [3.63, 3.8) is 0 Å². The van der Waals surface area contributed by atoms with Crippen LogP contribution in [0.25, 0.3) is 0 Å². The SMILES string of the molecule is C=C(C)C(=O)OC(C)COP(=O)(OCC(C)OC(=O)C(=C)C)c1ccccc1. The van der Waals surface area contributed by atoms with Crippen LogP contribution in [0.4, 0.5) is 0 Å². The van der Waals surface area contributed by atoms with Gasteiger partial charge in [0.15, 0.2) is 0 Å². The van der Waals surface area contributed by atoms with E-state index in [1.807, 2.05) is 0 Å². The van der Waals surface area contributed by atoms with Gasteiger partial charge in [0.2, 0.25) is 0 Å². The quantitative estimate of drug-likeness (QED) is 0.313. The summed E-state index contributed by atoms with van der Waals surface area (Å²) in [6.07, 6.45) is -1.33. The molecule has 0 saturated heterocycles. The Labute approximate surface area is 165 Å². The van der Waals surface area contributed by atoms with Gasteiger partial charge in [-0.1, -0.05) is 31.4 Å². The molecule has 0 saturated carbocycles. The summed E-state index contributed by atoms with van der Waals surface area (Å²) in [6.45, 7) is 13.0. The van der Waals surface area contributed by atoms with Crippen molar-refractivity contribution in [2.45, 2.75) is 39.9 Å². The summed E-state index contributed by atoms with van der Waals surface area (Å²) in [4.78, 5) is 23.2. The monoisotopic (exact) mass is 410 g/mol. The predicted octanol–water partition coefficient (Wildman–Crippen LogP) is 3.55. The molecule has 28 heavy (non-hydrogen) atoms. The third-order valence-electron chi connectivity index (χ3n) is 3.34. The van der Waals surface area contributed by atoms with Crippen molar-refractivity contribution in [2.75, 3.05) is 13.2 Å². The predicted molar refractivity (Wildman–Crippen MR) is 106 cm³/mol. The third kappa shape index (κ3) is 7.80. The van der Waals surface area contributed by atoms with E-state index in [1.54, 1.807) is 44.2 Å². The largest absolute Gasteiger partial charge is 0.457 e. The molecule has 0 N–H and O–H groups in total. The first-order valence-electron chi connectivity index (χ1n) is 8.73. The second kappa shape index (κ2) is 11.0. The van der Waals surface area contributed by atoms with Crippen LogP contribution >= 0.6 is 7.60 Å². The van der Waals surface area contributed by atoms with Crippen LogP contribution < -0.4 is 5.30 Å². The molecule has 0 aliphatic rings. The minimum absolute atomic E-state index is 0.148. The van der Waals surface area contributed by atoms with E-state index in [4.69, 9.17) is 18.5 Å². The van der Waals surface area contributed by atoms with Crippen molar-refractivity contribution in [3.05, 3.63) is 54.6 Å². The van der Waals surface area contributed by atoms with Crippen molar-refractivity contribution >= 4 is 24.8 Å². The fourth-order valence-corrected chi connectivity index (χ4v) is 3.56. The molecule has 0 aromatic heterocycles. The Morgan fingerprint density at radius 1 is 0.893 bits per heavy atom. The molecule has 0 bridgehead atoms. The molecule has 1 aromatic carbocycles. The number of esters is 2. The van der Waals surface area contributed by atoms with Gasteiger partial charge in [0.25, 0.3) is 0 Å². The zero-order valence-corrected chi connectivity index (χ0v) is 17.6. The Bertz CT molecular complexity index is 715. The molecule has 0 fully saturated rings. The van der Waals surface area contributed by atoms with E-state index in [2.05, 4.69) is 13.2 Å². The minimum Gasteiger partial charge on any atom is -0.457 e. The lowest BCUT2D eigenvalue weighted by atomic mass is 10.3. The van der Waals surface area contributed by atoms with Crippen LogP contribution in [0.3, 0.4) is 0 Å². The maximum Gasteiger partial charge on any atom is 0.361 e. The highest BCUT2D eigenvalue weighted by Crippen LogP contribution is 2.47. The number of hydrogen-bond acceptors (Lipinski definition) is 7. The highest BCUT2D eigenvalue weighted by atomic mass is 31.2. The zero-order valence-electron chi connectivity index (χ0n) is 16.7. The maximum atomic E-state index is 13.3. The molecule has 1 aromatic rings. The van der Waals surface area contributed by atoms with Gasteiger partial charge in [0, 0.05) is 11.1 Å². The molecule has 0 spiro atoms. The molecule has 154 valence electrons. The summed E-state index contributed by atoms with van der Waals surface area (Å²) >= 11 is 0. The number of hydrogen-bond donors (Lipinski definition) is 0. The Hall–Kier alpha value is -2.21. The molecule has 0 heterocycles. The van der Waals surface area contributed by atoms with E-state index in [0.717, 1.165) is 0 Å². The average Bonchev–Trinajstić information content (AvgIpc) is 2.65. The third-order valence-corrected chi connectivity index (χ3v) is 5.25. The molecule has 8 heteroatoms. The van der Waals surface area contributed by atoms with Gasteiger partial charge < -0.3 is 18.5 Å². The summed E-state index contributed by atoms with van der Waals surface area (Å²) in [5.41, 5.74) is 0.505. The lowest BCUT2D eigenvalue weighted by Crippen LogP contribution is -2.24. The standard InChI is InChI=1S/C20H27O7P/c1-14(2)19(21)26-16(5)12-24-28(23,18-10-8-7-9-11-18)25-13-17(6)27-20(22)15(3)4/h7-11,16-17H,1,3,12-13H2,2,4-6H3. The summed E-state index contributed by atoms with van der Waals surface area (Å²) in [5.74, 6) is -1.13. The molecule has 7 nitrogen and oxygen atoms in total. The molecular formula is C20H27O7P. The molecule has 0 aliphatic heterocycles. The van der Waals surface area contributed by atoms with Crippen molar-refractivity contribution in [2.24, 2.45) is 0 Å². The first-order valence-corrected chi connectivity index (χ1v) is 10.3. The second-order valence-corrected chi connectivity index (χ2v) is 8.44. The first kappa shape index (κ1) is 23.8. The van der Waals surface area contributed by atoms with Gasteiger partial charge in [-0.15, -0.1) is 0 Å². The van der Waals surface area contributed by atoms with Gasteiger partial charge in [0.05, 0.1) is 18.5 Å². The smallest absolute Gasteiger partial charge is 0.361 e. The number of benzene rings is 1. The molecule has 0 amide bonds. The number of rotatable bonds is 11. The minimum atomic E-state index is -3.74.